The van der Waals surface area contributed by atoms with Crippen molar-refractivity contribution in [1.29, 1.82) is 0 Å². The number of hydrogen-bond acceptors (Lipinski definition) is 3. The van der Waals surface area contributed by atoms with E-state index in [1.54, 1.807) is 4.90 Å². The zero-order chi connectivity index (χ0) is 21.0. The summed E-state index contributed by atoms with van der Waals surface area (Å²) in [5, 5.41) is 0. The Balaban J connectivity index is 1.57. The summed E-state index contributed by atoms with van der Waals surface area (Å²) in [5.74, 6) is 0.195. The minimum absolute atomic E-state index is 0.0545. The van der Waals surface area contributed by atoms with Crippen LogP contribution in [0.1, 0.15) is 55.1 Å². The highest BCUT2D eigenvalue weighted by molar-refractivity contribution is 5.94. The first-order valence-corrected chi connectivity index (χ1v) is 10.1. The van der Waals surface area contributed by atoms with Gasteiger partial charge < -0.3 is 15.4 Å². The molecule has 0 aliphatic carbocycles. The summed E-state index contributed by atoms with van der Waals surface area (Å²) in [7, 11) is 0. The van der Waals surface area contributed by atoms with Gasteiger partial charge in [-0.1, -0.05) is 45.0 Å². The summed E-state index contributed by atoms with van der Waals surface area (Å²) in [6.45, 7) is 8.06. The van der Waals surface area contributed by atoms with Crippen molar-refractivity contribution in [2.75, 3.05) is 13.1 Å². The van der Waals surface area contributed by atoms with Crippen LogP contribution in [0.3, 0.4) is 0 Å². The Hall–Kier alpha value is -2.82. The van der Waals surface area contributed by atoms with Gasteiger partial charge in [-0.2, -0.15) is 0 Å². The van der Waals surface area contributed by atoms with Crippen molar-refractivity contribution in [3.63, 3.8) is 0 Å². The van der Waals surface area contributed by atoms with E-state index in [9.17, 15) is 9.59 Å². The van der Waals surface area contributed by atoms with Crippen molar-refractivity contribution in [3.05, 3.63) is 65.2 Å². The molecule has 3 rings (SSSR count). The van der Waals surface area contributed by atoms with Crippen LogP contribution >= 0.6 is 0 Å². The second-order valence-corrected chi connectivity index (χ2v) is 8.75. The van der Waals surface area contributed by atoms with Gasteiger partial charge in [0.25, 0.3) is 5.91 Å². The van der Waals surface area contributed by atoms with E-state index in [0.717, 1.165) is 24.2 Å². The van der Waals surface area contributed by atoms with Gasteiger partial charge in [0.15, 0.2) is 0 Å². The van der Waals surface area contributed by atoms with Crippen LogP contribution in [0.5, 0.6) is 5.75 Å². The Morgan fingerprint density at radius 2 is 1.72 bits per heavy atom. The Labute approximate surface area is 172 Å². The molecule has 1 aliphatic rings. The number of amides is 2. The first kappa shape index (κ1) is 20.9. The molecule has 1 fully saturated rings. The predicted octanol–water partition coefficient (Wildman–Crippen LogP) is 3.90. The molecule has 0 bridgehead atoms. The zero-order valence-corrected chi connectivity index (χ0v) is 17.5. The average Bonchev–Trinajstić information content (AvgIpc) is 2.72. The lowest BCUT2D eigenvalue weighted by Crippen LogP contribution is -2.44. The number of piperidine rings is 1. The van der Waals surface area contributed by atoms with Crippen molar-refractivity contribution >= 4 is 11.8 Å². The molecule has 2 amide bonds. The van der Waals surface area contributed by atoms with Crippen molar-refractivity contribution < 1.29 is 14.3 Å². The minimum Gasteiger partial charge on any atom is -0.489 e. The van der Waals surface area contributed by atoms with Gasteiger partial charge in [-0.3, -0.25) is 9.59 Å². The van der Waals surface area contributed by atoms with E-state index >= 15 is 0 Å². The molecule has 154 valence electrons. The first-order chi connectivity index (χ1) is 13.7. The molecule has 0 saturated carbocycles. The summed E-state index contributed by atoms with van der Waals surface area (Å²) in [6.07, 6.45) is 1.56. The molecular weight excluding hydrogens is 364 g/mol. The van der Waals surface area contributed by atoms with E-state index < -0.39 is 0 Å². The fraction of sp³-hybridized carbons (Fsp3) is 0.417. The number of primary amides is 1. The van der Waals surface area contributed by atoms with Crippen LogP contribution in [0, 0.1) is 5.92 Å². The van der Waals surface area contributed by atoms with Crippen molar-refractivity contribution in [2.45, 2.75) is 45.6 Å². The van der Waals surface area contributed by atoms with Gasteiger partial charge in [0.05, 0.1) is 5.92 Å². The normalized spacial score (nSPS) is 17.1. The first-order valence-electron chi connectivity index (χ1n) is 10.1. The van der Waals surface area contributed by atoms with Gasteiger partial charge in [0.2, 0.25) is 5.91 Å². The second kappa shape index (κ2) is 8.68. The maximum Gasteiger partial charge on any atom is 0.253 e. The highest BCUT2D eigenvalue weighted by Gasteiger charge is 2.27. The molecule has 2 aromatic rings. The van der Waals surface area contributed by atoms with Gasteiger partial charge in [-0.15, -0.1) is 0 Å². The molecule has 2 aromatic carbocycles. The lowest BCUT2D eigenvalue weighted by Gasteiger charge is -2.31. The molecule has 1 saturated heterocycles. The van der Waals surface area contributed by atoms with Crippen LogP contribution in [0.15, 0.2) is 48.5 Å². The topological polar surface area (TPSA) is 72.6 Å². The highest BCUT2D eigenvalue weighted by Crippen LogP contribution is 2.25. The third-order valence-electron chi connectivity index (χ3n) is 5.44. The Kier molecular flexibility index (Phi) is 6.26. The molecule has 1 heterocycles. The number of ether oxygens (including phenoxy) is 1. The molecule has 0 spiro atoms. The summed E-state index contributed by atoms with van der Waals surface area (Å²) < 4.78 is 5.87. The third-order valence-corrected chi connectivity index (χ3v) is 5.44. The molecule has 0 radical (unpaired) electrons. The van der Waals surface area contributed by atoms with Crippen LogP contribution < -0.4 is 10.5 Å². The van der Waals surface area contributed by atoms with Gasteiger partial charge in [-0.25, -0.2) is 0 Å². The van der Waals surface area contributed by atoms with Crippen LogP contribution in [0.25, 0.3) is 0 Å². The van der Waals surface area contributed by atoms with Crippen molar-refractivity contribution in [1.82, 2.24) is 4.90 Å². The molecule has 1 aliphatic heterocycles. The number of nitrogens with zero attached hydrogens (tertiary/aromatic N) is 1. The van der Waals surface area contributed by atoms with Crippen LogP contribution in [-0.4, -0.2) is 29.8 Å². The number of benzene rings is 2. The minimum atomic E-state index is -0.328. The fourth-order valence-corrected chi connectivity index (χ4v) is 3.54. The van der Waals surface area contributed by atoms with Crippen molar-refractivity contribution in [2.24, 2.45) is 11.7 Å². The van der Waals surface area contributed by atoms with Gasteiger partial charge >= 0.3 is 0 Å². The maximum absolute atomic E-state index is 12.7. The molecule has 1 unspecified atom stereocenters. The molecule has 5 nitrogen and oxygen atoms in total. The smallest absolute Gasteiger partial charge is 0.253 e. The van der Waals surface area contributed by atoms with Crippen LogP contribution in [0.4, 0.5) is 0 Å². The fourth-order valence-electron chi connectivity index (χ4n) is 3.54. The number of carbonyl (C=O) groups excluding carboxylic acids is 2. The lowest BCUT2D eigenvalue weighted by molar-refractivity contribution is -0.123. The Bertz CT molecular complexity index is 851. The SMILES string of the molecule is CC(C)(C)c1ccc(OCc2ccc(C(=O)N3CCCC(C(N)=O)C3)cc2)cc1. The molecule has 1 atom stereocenters. The third kappa shape index (κ3) is 5.37. The Morgan fingerprint density at radius 3 is 2.31 bits per heavy atom. The average molecular weight is 395 g/mol. The summed E-state index contributed by atoms with van der Waals surface area (Å²) in [5.41, 5.74) is 8.41. The number of likely N-dealkylation sites (tertiary alicyclic amines) is 1. The standard InChI is InChI=1S/C24H30N2O3/c1-24(2,3)20-10-12-21(13-11-20)29-16-17-6-8-18(9-7-17)23(28)26-14-4-5-19(15-26)22(25)27/h6-13,19H,4-5,14-16H2,1-3H3,(H2,25,27). The van der Waals surface area contributed by atoms with E-state index in [1.807, 2.05) is 36.4 Å². The van der Waals surface area contributed by atoms with E-state index in [0.29, 0.717) is 25.3 Å². The molecule has 29 heavy (non-hydrogen) atoms. The van der Waals surface area contributed by atoms with E-state index in [4.69, 9.17) is 10.5 Å². The maximum atomic E-state index is 12.7. The monoisotopic (exact) mass is 394 g/mol. The molecule has 2 N–H and O–H groups in total. The van der Waals surface area contributed by atoms with Gasteiger partial charge in [-0.05, 0) is 53.6 Å². The highest BCUT2D eigenvalue weighted by atomic mass is 16.5. The van der Waals surface area contributed by atoms with E-state index in [1.165, 1.54) is 5.56 Å². The summed E-state index contributed by atoms with van der Waals surface area (Å²) in [4.78, 5) is 25.9. The number of nitrogens with two attached hydrogens (primary N) is 1. The predicted molar refractivity (Wildman–Crippen MR) is 114 cm³/mol. The number of hydrogen-bond donors (Lipinski definition) is 1. The molecular formula is C24H30N2O3. The number of carbonyl (C=O) groups is 2. The second-order valence-electron chi connectivity index (χ2n) is 8.75. The number of rotatable bonds is 5. The van der Waals surface area contributed by atoms with Crippen LogP contribution in [0.2, 0.25) is 0 Å². The lowest BCUT2D eigenvalue weighted by atomic mass is 9.87. The van der Waals surface area contributed by atoms with Gasteiger partial charge in [0, 0.05) is 18.7 Å². The van der Waals surface area contributed by atoms with Crippen molar-refractivity contribution in [3.8, 4) is 5.75 Å². The zero-order valence-electron chi connectivity index (χ0n) is 17.5. The Morgan fingerprint density at radius 1 is 1.07 bits per heavy atom. The van der Waals surface area contributed by atoms with Gasteiger partial charge in [0.1, 0.15) is 12.4 Å². The van der Waals surface area contributed by atoms with E-state index in [2.05, 4.69) is 32.9 Å². The summed E-state index contributed by atoms with van der Waals surface area (Å²) in [6, 6.07) is 15.6. The quantitative estimate of drug-likeness (QED) is 0.836. The van der Waals surface area contributed by atoms with E-state index in [-0.39, 0.29) is 23.1 Å². The largest absolute Gasteiger partial charge is 0.489 e. The molecule has 5 heteroatoms. The molecule has 0 aromatic heterocycles. The summed E-state index contributed by atoms with van der Waals surface area (Å²) >= 11 is 0. The van der Waals surface area contributed by atoms with Crippen LogP contribution in [-0.2, 0) is 16.8 Å².